The standard InChI is InChI=1S/C116H84B2N4O/c1-115(2,3)83-66-89(75-40-19-9-20-41-75)108(90(67-83)76-42-21-10-22-43-76)121-103-70-85(119-100-56-33-31-52-86(100)87-53-32-34-57-101(87)119)60-62-96(103)117-99-72-104-106-114(123-105-65-82(74-38-17-8-18-39-74)58-61-97(105)118(106)98-55-35-54-88-95-64-81(73-36-15-7-16-37-73)59-63-102(95)120(104)110(88)98)113(99)122(112-94(80-50-29-14-30-51-80)71-93(111(121)107(112)117)79-48-27-13-28-49-79)109-91(77-44-23-11-24-45-77)68-84(116(4,5)6)69-92(109)78-46-25-12-26-47-78/h7-72H,1-6H3/i7D,15D,16D,31D,32D,33D,34D,35D,36D,37D,52D,53D,54D,55D,56D,57D,59D,60D,62D,63D,64D,70D. The molecule has 0 radical (unpaired) electrons. The molecule has 18 aromatic carbocycles. The van der Waals surface area contributed by atoms with Crippen molar-refractivity contribution in [2.75, 3.05) is 9.80 Å². The Morgan fingerprint density at radius 1 is 0.276 bits per heavy atom. The van der Waals surface area contributed by atoms with E-state index >= 15 is 0 Å². The zero-order valence-corrected chi connectivity index (χ0v) is 67.8. The summed E-state index contributed by atoms with van der Waals surface area (Å²) in [6.45, 7) is 10.1. The van der Waals surface area contributed by atoms with E-state index in [0.717, 1.165) is 32.4 Å². The molecule has 0 fully saturated rings. The Hall–Kier alpha value is -14.9. The van der Waals surface area contributed by atoms with Crippen LogP contribution in [-0.4, -0.2) is 22.6 Å². The Kier molecular flexibility index (Phi) is 12.0. The summed E-state index contributed by atoms with van der Waals surface area (Å²) in [6, 6.07) is 72.8. The fraction of sp³-hybridized carbons (Fsp3) is 0.0690. The maximum absolute atomic E-state index is 12.4. The third kappa shape index (κ3) is 11.3. The largest absolute Gasteiger partial charge is 0.456 e. The average Bonchev–Trinajstić information content (AvgIpc) is 1.56. The van der Waals surface area contributed by atoms with Gasteiger partial charge in [-0.15, -0.1) is 0 Å². The van der Waals surface area contributed by atoms with E-state index in [4.69, 9.17) is 8.85 Å². The quantitative estimate of drug-likeness (QED) is 0.121. The van der Waals surface area contributed by atoms with Gasteiger partial charge in [0.1, 0.15) is 11.5 Å². The van der Waals surface area contributed by atoms with E-state index in [-0.39, 0.29) is 77.5 Å². The molecule has 2 aromatic heterocycles. The van der Waals surface area contributed by atoms with Gasteiger partial charge in [0.25, 0.3) is 13.4 Å². The summed E-state index contributed by atoms with van der Waals surface area (Å²) in [5.41, 5.74) is 11.4. The van der Waals surface area contributed by atoms with Crippen molar-refractivity contribution in [2.24, 2.45) is 0 Å². The second kappa shape index (κ2) is 27.8. The Morgan fingerprint density at radius 3 is 1.24 bits per heavy atom. The minimum Gasteiger partial charge on any atom is -0.456 e. The van der Waals surface area contributed by atoms with Gasteiger partial charge in [0, 0.05) is 77.5 Å². The van der Waals surface area contributed by atoms with Crippen LogP contribution in [0.25, 0.3) is 144 Å². The fourth-order valence-electron chi connectivity index (χ4n) is 19.3. The smallest absolute Gasteiger partial charge is 0.256 e. The Balaban J connectivity index is 1.00. The van der Waals surface area contributed by atoms with Crippen LogP contribution < -0.4 is 47.3 Å². The summed E-state index contributed by atoms with van der Waals surface area (Å²) in [7, 11) is 0. The third-order valence-corrected chi connectivity index (χ3v) is 24.9. The molecule has 6 heterocycles. The van der Waals surface area contributed by atoms with Crippen molar-refractivity contribution >= 4 is 124 Å². The van der Waals surface area contributed by atoms with E-state index in [0.29, 0.717) is 100 Å². The molecule has 20 aromatic rings. The lowest BCUT2D eigenvalue weighted by atomic mass is 9.31. The number of hydrogen-bond donors (Lipinski definition) is 0. The molecule has 0 spiro atoms. The first kappa shape index (κ1) is 52.9. The highest BCUT2D eigenvalue weighted by molar-refractivity contribution is 7.02. The molecule has 0 bridgehead atoms. The number of fused-ring (bicyclic) bond motifs is 15. The Morgan fingerprint density at radius 2 is 0.724 bits per heavy atom. The number of aromatic nitrogens is 2. The lowest BCUT2D eigenvalue weighted by Gasteiger charge is -2.49. The number of para-hydroxylation sites is 3. The third-order valence-electron chi connectivity index (χ3n) is 24.9. The van der Waals surface area contributed by atoms with Crippen molar-refractivity contribution in [2.45, 2.75) is 52.4 Å². The molecule has 4 aliphatic heterocycles. The van der Waals surface area contributed by atoms with E-state index < -0.39 is 185 Å². The summed E-state index contributed by atoms with van der Waals surface area (Å²) in [5.74, 6) is 0.353. The summed E-state index contributed by atoms with van der Waals surface area (Å²) in [4.78, 5) is 4.31. The molecule has 0 N–H and O–H groups in total. The van der Waals surface area contributed by atoms with E-state index in [2.05, 4.69) is 101 Å². The molecule has 4 aliphatic rings. The van der Waals surface area contributed by atoms with Crippen molar-refractivity contribution in [1.82, 2.24) is 9.13 Å². The van der Waals surface area contributed by atoms with E-state index in [9.17, 15) is 26.0 Å². The van der Waals surface area contributed by atoms with Crippen LogP contribution in [0.3, 0.4) is 0 Å². The molecule has 580 valence electrons. The molecule has 0 unspecified atom stereocenters. The highest BCUT2D eigenvalue weighted by Gasteiger charge is 2.53. The van der Waals surface area contributed by atoms with Gasteiger partial charge in [-0.25, -0.2) is 0 Å². The molecular weight excluding hydrogens is 1490 g/mol. The van der Waals surface area contributed by atoms with Crippen molar-refractivity contribution in [3.05, 3.63) is 411 Å². The van der Waals surface area contributed by atoms with Crippen LogP contribution in [0.2, 0.25) is 0 Å². The summed E-state index contributed by atoms with van der Waals surface area (Å²) in [6.07, 6.45) is 0. The van der Waals surface area contributed by atoms with Gasteiger partial charge in [-0.1, -0.05) is 363 Å². The van der Waals surface area contributed by atoms with Gasteiger partial charge in [-0.3, -0.25) is 0 Å². The second-order valence-corrected chi connectivity index (χ2v) is 34.0. The van der Waals surface area contributed by atoms with Crippen LogP contribution >= 0.6 is 0 Å². The van der Waals surface area contributed by atoms with Gasteiger partial charge in [0.15, 0.2) is 0 Å². The molecule has 24 rings (SSSR count). The number of hydrogen-bond acceptors (Lipinski definition) is 3. The Labute approximate surface area is 749 Å². The molecule has 123 heavy (non-hydrogen) atoms. The van der Waals surface area contributed by atoms with Gasteiger partial charge < -0.3 is 23.7 Å². The van der Waals surface area contributed by atoms with Crippen LogP contribution in [0.4, 0.5) is 34.1 Å². The molecule has 5 nitrogen and oxygen atoms in total. The molecule has 7 heteroatoms. The number of anilines is 6. The van der Waals surface area contributed by atoms with Gasteiger partial charge in [0.05, 0.1) is 75.1 Å². The summed E-state index contributed by atoms with van der Waals surface area (Å²) in [5, 5.41) is -1.04. The SMILES string of the molecule is [2H]c1c([2H])c([2H])c(-c2c([2H])c([2H])c3c(c2[2H])c2c([2H])c([2H])c([2H])c4c2n3-c2cc3c(c5c2B4c2ccc(-c4ccccc4)cc2O5)N(c2c(-c4ccccc4)cc(C(C)(C)C)cc2-c2ccccc2)c2c(-c4ccccc4)cc(-c4ccccc4)c4c2B3c2c([2H])c([2H])c(-n3c5c([2H])c([2H])c([2H])c([2H])c5c5c([2H])c([2H])c([2H])c([2H])c53)c([2H])c2N4c2c(-c3ccccc3)cc(C(C)(C)C)cc2-c2ccccc2)c([2H])c1[2H]. The lowest BCUT2D eigenvalue weighted by Crippen LogP contribution is -2.64. The highest BCUT2D eigenvalue weighted by atomic mass is 16.5. The molecule has 0 atom stereocenters. The van der Waals surface area contributed by atoms with Crippen molar-refractivity contribution in [3.63, 3.8) is 0 Å². The first-order chi connectivity index (χ1) is 69.5. The summed E-state index contributed by atoms with van der Waals surface area (Å²) >= 11 is 0. The molecular formula is C116H84B2N4O. The van der Waals surface area contributed by atoms with Crippen LogP contribution in [0.15, 0.2) is 400 Å². The number of rotatable bonds is 11. The molecule has 0 saturated carbocycles. The minimum absolute atomic E-state index is 0.0215. The van der Waals surface area contributed by atoms with Crippen LogP contribution in [-0.2, 0) is 10.8 Å². The summed E-state index contributed by atoms with van der Waals surface area (Å²) < 4.78 is 235. The second-order valence-electron chi connectivity index (χ2n) is 34.0. The van der Waals surface area contributed by atoms with Crippen molar-refractivity contribution in [1.29, 1.82) is 0 Å². The van der Waals surface area contributed by atoms with Crippen LogP contribution in [0, 0.1) is 0 Å². The highest BCUT2D eigenvalue weighted by Crippen LogP contribution is 2.60. The number of benzene rings is 18. The maximum Gasteiger partial charge on any atom is 0.256 e. The van der Waals surface area contributed by atoms with Gasteiger partial charge in [0.2, 0.25) is 0 Å². The van der Waals surface area contributed by atoms with Crippen LogP contribution in [0.5, 0.6) is 11.5 Å². The number of nitrogens with zero attached hydrogens (tertiary/aromatic N) is 4. The topological polar surface area (TPSA) is 25.6 Å². The Bertz CT molecular complexity index is 8910. The predicted octanol–water partition coefficient (Wildman–Crippen LogP) is 26.8. The van der Waals surface area contributed by atoms with E-state index in [1.54, 1.807) is 4.57 Å². The fourth-order valence-corrected chi connectivity index (χ4v) is 19.3. The van der Waals surface area contributed by atoms with Crippen LogP contribution in [0.1, 0.15) is 82.8 Å². The average molecular weight is 1590 g/mol. The van der Waals surface area contributed by atoms with Crippen molar-refractivity contribution < 1.29 is 34.9 Å². The van der Waals surface area contributed by atoms with Crippen molar-refractivity contribution in [3.8, 4) is 112 Å². The first-order valence-electron chi connectivity index (χ1n) is 52.4. The first-order valence-corrected chi connectivity index (χ1v) is 41.4. The maximum atomic E-state index is 12.4. The lowest BCUT2D eigenvalue weighted by molar-refractivity contribution is 0.489. The molecule has 0 saturated heterocycles. The van der Waals surface area contributed by atoms with E-state index in [1.807, 2.05) is 217 Å². The van der Waals surface area contributed by atoms with Gasteiger partial charge in [-0.05, 0) is 189 Å². The predicted molar refractivity (Wildman–Crippen MR) is 521 cm³/mol. The molecule has 0 amide bonds. The zero-order chi connectivity index (χ0) is 101. The van der Waals surface area contributed by atoms with Gasteiger partial charge in [-0.2, -0.15) is 0 Å². The monoisotopic (exact) mass is 1590 g/mol. The normalized spacial score (nSPS) is 15.5. The van der Waals surface area contributed by atoms with Gasteiger partial charge >= 0.3 is 0 Å². The molecule has 0 aliphatic carbocycles. The van der Waals surface area contributed by atoms with E-state index in [1.165, 1.54) is 0 Å². The minimum atomic E-state index is -1.56. The number of ether oxygens (including phenoxy) is 1. The zero-order valence-electron chi connectivity index (χ0n) is 89.8.